The number of methoxy groups -OCH3 is 1. The van der Waals surface area contributed by atoms with E-state index in [4.69, 9.17) is 14.2 Å². The molecule has 7 nitrogen and oxygen atoms in total. The Balaban J connectivity index is 1.62. The van der Waals surface area contributed by atoms with Crippen molar-refractivity contribution in [2.75, 3.05) is 20.3 Å². The van der Waals surface area contributed by atoms with E-state index in [1.54, 1.807) is 24.1 Å². The number of amides is 1. The van der Waals surface area contributed by atoms with Gasteiger partial charge in [-0.25, -0.2) is 0 Å². The van der Waals surface area contributed by atoms with E-state index in [0.717, 1.165) is 16.7 Å². The highest BCUT2D eigenvalue weighted by molar-refractivity contribution is 5.83. The summed E-state index contributed by atoms with van der Waals surface area (Å²) in [5.74, 6) is 1.92. The Hall–Kier alpha value is -3.48. The van der Waals surface area contributed by atoms with Crippen LogP contribution in [0.5, 0.6) is 17.2 Å². The number of hydrogen-bond acceptors (Lipinski definition) is 5. The number of rotatable bonds is 5. The van der Waals surface area contributed by atoms with Crippen LogP contribution in [0.15, 0.2) is 47.3 Å². The summed E-state index contributed by atoms with van der Waals surface area (Å²) in [5, 5.41) is 0.830. The van der Waals surface area contributed by atoms with Gasteiger partial charge >= 0.3 is 0 Å². The molecule has 0 bridgehead atoms. The molecule has 150 valence electrons. The highest BCUT2D eigenvalue weighted by Crippen LogP contribution is 2.33. The average molecular weight is 394 g/mol. The summed E-state index contributed by atoms with van der Waals surface area (Å²) in [4.78, 5) is 29.3. The van der Waals surface area contributed by atoms with Gasteiger partial charge in [0, 0.05) is 30.5 Å². The number of fused-ring (bicyclic) bond motifs is 2. The normalized spacial score (nSPS) is 12.6. The third kappa shape index (κ3) is 4.03. The van der Waals surface area contributed by atoms with Gasteiger partial charge in [0.05, 0.1) is 19.2 Å². The van der Waals surface area contributed by atoms with Crippen molar-refractivity contribution in [1.29, 1.82) is 0 Å². The summed E-state index contributed by atoms with van der Waals surface area (Å²) >= 11 is 0. The van der Waals surface area contributed by atoms with Gasteiger partial charge < -0.3 is 24.1 Å². The summed E-state index contributed by atoms with van der Waals surface area (Å²) in [6.07, 6.45) is 0. The lowest BCUT2D eigenvalue weighted by Gasteiger charge is -2.22. The highest BCUT2D eigenvalue weighted by Gasteiger charge is 2.16. The minimum absolute atomic E-state index is 0.109. The molecule has 0 atom stereocenters. The Labute approximate surface area is 167 Å². The molecule has 1 aromatic heterocycles. The van der Waals surface area contributed by atoms with Crippen molar-refractivity contribution >= 4 is 16.8 Å². The smallest absolute Gasteiger partial charge is 0.253 e. The molecule has 0 spiro atoms. The van der Waals surface area contributed by atoms with Gasteiger partial charge in [0.2, 0.25) is 5.91 Å². The molecule has 0 aliphatic carbocycles. The molecule has 29 heavy (non-hydrogen) atoms. The fraction of sp³-hybridized carbons (Fsp3) is 0.273. The summed E-state index contributed by atoms with van der Waals surface area (Å²) in [7, 11) is 1.61. The first kappa shape index (κ1) is 18.9. The molecular formula is C22H22N2O5. The van der Waals surface area contributed by atoms with Gasteiger partial charge in [-0.1, -0.05) is 12.1 Å². The van der Waals surface area contributed by atoms with Crippen molar-refractivity contribution in [2.24, 2.45) is 0 Å². The van der Waals surface area contributed by atoms with Gasteiger partial charge in [-0.2, -0.15) is 0 Å². The Morgan fingerprint density at radius 2 is 1.76 bits per heavy atom. The first-order valence-corrected chi connectivity index (χ1v) is 9.37. The molecule has 1 aliphatic rings. The number of nitrogens with one attached hydrogen (secondary N) is 1. The molecule has 2 heterocycles. The summed E-state index contributed by atoms with van der Waals surface area (Å²) in [6, 6.07) is 12.9. The zero-order valence-corrected chi connectivity index (χ0v) is 16.4. The highest BCUT2D eigenvalue weighted by atomic mass is 16.6. The number of benzene rings is 2. The van der Waals surface area contributed by atoms with Gasteiger partial charge in [-0.15, -0.1) is 0 Å². The maximum Gasteiger partial charge on any atom is 0.253 e. The molecule has 0 radical (unpaired) electrons. The number of pyridine rings is 1. The van der Waals surface area contributed by atoms with E-state index in [-0.39, 0.29) is 18.0 Å². The largest absolute Gasteiger partial charge is 0.497 e. The van der Waals surface area contributed by atoms with Gasteiger partial charge in [0.1, 0.15) is 19.0 Å². The number of aromatic amines is 1. The van der Waals surface area contributed by atoms with E-state index in [1.807, 2.05) is 30.3 Å². The van der Waals surface area contributed by atoms with E-state index >= 15 is 0 Å². The van der Waals surface area contributed by atoms with Crippen LogP contribution in [0.2, 0.25) is 0 Å². The van der Waals surface area contributed by atoms with Crippen molar-refractivity contribution in [3.8, 4) is 17.2 Å². The summed E-state index contributed by atoms with van der Waals surface area (Å²) in [5.41, 5.74) is 1.92. The van der Waals surface area contributed by atoms with Crippen LogP contribution < -0.4 is 19.8 Å². The number of aromatic nitrogens is 1. The second kappa shape index (κ2) is 7.87. The molecule has 2 aromatic carbocycles. The quantitative estimate of drug-likeness (QED) is 0.720. The van der Waals surface area contributed by atoms with Crippen molar-refractivity contribution in [1.82, 2.24) is 9.88 Å². The van der Waals surface area contributed by atoms with Crippen LogP contribution in [-0.2, 0) is 17.9 Å². The minimum atomic E-state index is -0.227. The summed E-state index contributed by atoms with van der Waals surface area (Å²) < 4.78 is 16.4. The van der Waals surface area contributed by atoms with Gasteiger partial charge in [-0.05, 0) is 29.8 Å². The Kier molecular flexibility index (Phi) is 5.12. The van der Waals surface area contributed by atoms with Crippen LogP contribution in [0.1, 0.15) is 18.1 Å². The first-order valence-electron chi connectivity index (χ1n) is 9.37. The third-order valence-corrected chi connectivity index (χ3v) is 4.92. The number of hydrogen-bond donors (Lipinski definition) is 1. The molecule has 0 saturated heterocycles. The molecule has 1 N–H and O–H groups in total. The van der Waals surface area contributed by atoms with Crippen molar-refractivity contribution in [3.05, 3.63) is 63.9 Å². The number of nitrogens with zero attached hydrogens (tertiary/aromatic N) is 1. The van der Waals surface area contributed by atoms with E-state index < -0.39 is 0 Å². The minimum Gasteiger partial charge on any atom is -0.497 e. The van der Waals surface area contributed by atoms with Crippen LogP contribution in [0, 0.1) is 0 Å². The molecule has 3 aromatic rings. The lowest BCUT2D eigenvalue weighted by atomic mass is 10.1. The van der Waals surface area contributed by atoms with Crippen molar-refractivity contribution in [2.45, 2.75) is 20.0 Å². The Morgan fingerprint density at radius 3 is 2.41 bits per heavy atom. The number of ether oxygens (including phenoxy) is 3. The number of carbonyl (C=O) groups is 1. The van der Waals surface area contributed by atoms with E-state index in [0.29, 0.717) is 42.3 Å². The van der Waals surface area contributed by atoms with E-state index in [2.05, 4.69) is 4.98 Å². The molecule has 7 heteroatoms. The monoisotopic (exact) mass is 394 g/mol. The molecule has 1 amide bonds. The van der Waals surface area contributed by atoms with Crippen LogP contribution in [0.3, 0.4) is 0 Å². The third-order valence-electron chi connectivity index (χ3n) is 4.92. The van der Waals surface area contributed by atoms with Crippen molar-refractivity contribution in [3.63, 3.8) is 0 Å². The first-order chi connectivity index (χ1) is 14.0. The predicted octanol–water partition coefficient (Wildman–Crippen LogP) is 2.86. The van der Waals surface area contributed by atoms with Crippen molar-refractivity contribution < 1.29 is 19.0 Å². The predicted molar refractivity (Wildman–Crippen MR) is 108 cm³/mol. The van der Waals surface area contributed by atoms with Crippen LogP contribution in [0.4, 0.5) is 0 Å². The van der Waals surface area contributed by atoms with Crippen LogP contribution in [-0.4, -0.2) is 36.1 Å². The number of carbonyl (C=O) groups excluding carboxylic acids is 1. The van der Waals surface area contributed by atoms with E-state index in [1.165, 1.54) is 6.92 Å². The second-order valence-electron chi connectivity index (χ2n) is 6.93. The zero-order chi connectivity index (χ0) is 20.4. The molecular weight excluding hydrogens is 372 g/mol. The van der Waals surface area contributed by atoms with Gasteiger partial charge in [0.25, 0.3) is 5.56 Å². The standard InChI is InChI=1S/C22H22N2O5/c1-14(25)24(12-15-3-5-18(27-2)6-4-15)13-17-9-16-10-20-21(29-8-7-28-20)11-19(16)23-22(17)26/h3-6,9-11H,7-8,12-13H2,1-2H3,(H,23,26). The molecule has 4 rings (SSSR count). The lowest BCUT2D eigenvalue weighted by Crippen LogP contribution is -2.30. The topological polar surface area (TPSA) is 80.9 Å². The second-order valence-corrected chi connectivity index (χ2v) is 6.93. The maximum absolute atomic E-state index is 12.6. The van der Waals surface area contributed by atoms with Gasteiger partial charge in [0.15, 0.2) is 11.5 Å². The molecule has 0 saturated carbocycles. The Bertz CT molecular complexity index is 1100. The zero-order valence-electron chi connectivity index (χ0n) is 16.4. The van der Waals surface area contributed by atoms with Crippen LogP contribution in [0.25, 0.3) is 10.9 Å². The van der Waals surface area contributed by atoms with E-state index in [9.17, 15) is 9.59 Å². The average Bonchev–Trinajstić information content (AvgIpc) is 2.72. The summed E-state index contributed by atoms with van der Waals surface area (Å²) in [6.45, 7) is 3.09. The Morgan fingerprint density at radius 1 is 1.07 bits per heavy atom. The SMILES string of the molecule is COc1ccc(CN(Cc2cc3cc4c(cc3[nH]c2=O)OCCO4)C(C)=O)cc1. The lowest BCUT2D eigenvalue weighted by molar-refractivity contribution is -0.130. The van der Waals surface area contributed by atoms with Gasteiger partial charge in [-0.3, -0.25) is 9.59 Å². The number of H-pyrrole nitrogens is 1. The molecule has 0 unspecified atom stereocenters. The van der Waals surface area contributed by atoms with Crippen LogP contribution >= 0.6 is 0 Å². The fourth-order valence-electron chi connectivity index (χ4n) is 3.34. The maximum atomic E-state index is 12.6. The molecule has 0 fully saturated rings. The fourth-order valence-corrected chi connectivity index (χ4v) is 3.34. The molecule has 1 aliphatic heterocycles.